The molecule has 0 unspecified atom stereocenters. The number of allylic oxidation sites excluding steroid dienone is 2. The number of amides is 1. The fourth-order valence-corrected chi connectivity index (χ4v) is 3.11. The summed E-state index contributed by atoms with van der Waals surface area (Å²) in [6.45, 7) is 2.86. The summed E-state index contributed by atoms with van der Waals surface area (Å²) in [6.07, 6.45) is 22.2. The summed E-state index contributed by atoms with van der Waals surface area (Å²) in [4.78, 5) is 22.3. The predicted molar refractivity (Wildman–Crippen MR) is 117 cm³/mol. The van der Waals surface area contributed by atoms with Crippen LogP contribution in [0.4, 0.5) is 0 Å². The lowest BCUT2D eigenvalue weighted by Gasteiger charge is -2.07. The van der Waals surface area contributed by atoms with Crippen molar-refractivity contribution in [2.24, 2.45) is 5.73 Å². The van der Waals surface area contributed by atoms with Gasteiger partial charge in [-0.05, 0) is 51.4 Å². The summed E-state index contributed by atoms with van der Waals surface area (Å²) in [6, 6.07) is -0.792. The predicted octanol–water partition coefficient (Wildman–Crippen LogP) is 5.33. The minimum atomic E-state index is -0.962. The summed E-state index contributed by atoms with van der Waals surface area (Å²) >= 11 is 0. The lowest BCUT2D eigenvalue weighted by Crippen LogP contribution is -2.30. The molecule has 4 N–H and O–H groups in total. The van der Waals surface area contributed by atoms with Gasteiger partial charge in [-0.2, -0.15) is 0 Å². The first-order valence-electron chi connectivity index (χ1n) is 11.5. The number of nitrogens with two attached hydrogens (primary N) is 1. The van der Waals surface area contributed by atoms with Gasteiger partial charge >= 0.3 is 5.97 Å². The average molecular weight is 397 g/mol. The van der Waals surface area contributed by atoms with Crippen molar-refractivity contribution in [3.05, 3.63) is 12.2 Å². The molecular formula is C23H44N2O3. The number of carboxylic acid groups (broad SMARTS) is 1. The maximum atomic E-state index is 11.7. The Bertz CT molecular complexity index is 411. The topological polar surface area (TPSA) is 92.4 Å². The molecule has 0 saturated heterocycles. The van der Waals surface area contributed by atoms with Crippen LogP contribution in [0.1, 0.15) is 110 Å². The van der Waals surface area contributed by atoms with E-state index >= 15 is 0 Å². The highest BCUT2D eigenvalue weighted by Crippen LogP contribution is 2.10. The molecule has 164 valence electrons. The van der Waals surface area contributed by atoms with Crippen molar-refractivity contribution in [1.29, 1.82) is 0 Å². The second-order valence-corrected chi connectivity index (χ2v) is 7.77. The van der Waals surface area contributed by atoms with Crippen molar-refractivity contribution in [2.75, 3.05) is 6.54 Å². The number of rotatable bonds is 20. The summed E-state index contributed by atoms with van der Waals surface area (Å²) in [7, 11) is 0. The van der Waals surface area contributed by atoms with Gasteiger partial charge in [0.05, 0.1) is 0 Å². The first-order chi connectivity index (χ1) is 13.6. The molecule has 5 heteroatoms. The molecule has 28 heavy (non-hydrogen) atoms. The molecule has 0 aliphatic heterocycles. The summed E-state index contributed by atoms with van der Waals surface area (Å²) in [5.74, 6) is -0.874. The maximum absolute atomic E-state index is 11.7. The van der Waals surface area contributed by atoms with E-state index in [4.69, 9.17) is 10.8 Å². The molecule has 1 atom stereocenters. The van der Waals surface area contributed by atoms with Crippen LogP contribution in [0, 0.1) is 0 Å². The number of carbonyl (C=O) groups is 2. The van der Waals surface area contributed by atoms with E-state index in [1.807, 2.05) is 0 Å². The number of carbonyl (C=O) groups excluding carboxylic acids is 1. The minimum Gasteiger partial charge on any atom is -0.480 e. The second kappa shape index (κ2) is 20.4. The molecule has 0 spiro atoms. The SMILES string of the molecule is CCCCCCCCCC/C=C/CCCCC(=O)NCCCC[C@H](N)C(=O)O. The highest BCUT2D eigenvalue weighted by molar-refractivity contribution is 5.75. The summed E-state index contributed by atoms with van der Waals surface area (Å²) in [5, 5.41) is 11.6. The molecule has 1 amide bonds. The van der Waals surface area contributed by atoms with Gasteiger partial charge in [0.1, 0.15) is 6.04 Å². The van der Waals surface area contributed by atoms with E-state index in [1.165, 1.54) is 57.8 Å². The van der Waals surface area contributed by atoms with Crippen LogP contribution in [0.2, 0.25) is 0 Å². The Balaban J connectivity index is 3.31. The van der Waals surface area contributed by atoms with Gasteiger partial charge in [-0.1, -0.05) is 64.0 Å². The average Bonchev–Trinajstić information content (AvgIpc) is 2.67. The number of unbranched alkanes of at least 4 members (excludes halogenated alkanes) is 11. The molecule has 0 saturated carbocycles. The Morgan fingerprint density at radius 3 is 2.04 bits per heavy atom. The third-order valence-corrected chi connectivity index (χ3v) is 5.00. The van der Waals surface area contributed by atoms with Gasteiger partial charge in [-0.25, -0.2) is 0 Å². The lowest BCUT2D eigenvalue weighted by atomic mass is 10.1. The van der Waals surface area contributed by atoms with Gasteiger partial charge in [0, 0.05) is 13.0 Å². The molecule has 0 rings (SSSR count). The molecule has 0 aromatic rings. The van der Waals surface area contributed by atoms with Crippen LogP contribution >= 0.6 is 0 Å². The standard InChI is InChI=1S/C23H44N2O3/c1-2-3-4-5-6-7-8-9-10-11-12-13-14-15-19-22(26)25-20-17-16-18-21(24)23(27)28/h11-12,21H,2-10,13-20,24H2,1H3,(H,25,26)(H,27,28)/b12-11+/t21-/m0/s1. The normalized spacial score (nSPS) is 12.4. The van der Waals surface area contributed by atoms with Crippen LogP contribution < -0.4 is 11.1 Å². The third kappa shape index (κ3) is 19.4. The molecule has 0 aliphatic rings. The van der Waals surface area contributed by atoms with E-state index in [-0.39, 0.29) is 5.91 Å². The zero-order valence-electron chi connectivity index (χ0n) is 18.1. The summed E-state index contributed by atoms with van der Waals surface area (Å²) < 4.78 is 0. The Morgan fingerprint density at radius 2 is 1.43 bits per heavy atom. The van der Waals surface area contributed by atoms with Gasteiger partial charge in [0.15, 0.2) is 0 Å². The van der Waals surface area contributed by atoms with Crippen molar-refractivity contribution in [2.45, 2.75) is 116 Å². The molecule has 0 aromatic carbocycles. The molecular weight excluding hydrogens is 352 g/mol. The van der Waals surface area contributed by atoms with Crippen LogP contribution in [0.3, 0.4) is 0 Å². The zero-order valence-corrected chi connectivity index (χ0v) is 18.1. The van der Waals surface area contributed by atoms with E-state index in [2.05, 4.69) is 24.4 Å². The van der Waals surface area contributed by atoms with Gasteiger partial charge in [0.25, 0.3) is 0 Å². The number of hydrogen-bond donors (Lipinski definition) is 3. The molecule has 5 nitrogen and oxygen atoms in total. The van der Waals surface area contributed by atoms with Gasteiger partial charge < -0.3 is 16.2 Å². The van der Waals surface area contributed by atoms with Crippen LogP contribution in [0.25, 0.3) is 0 Å². The minimum absolute atomic E-state index is 0.0884. The number of hydrogen-bond acceptors (Lipinski definition) is 3. The molecule has 0 bridgehead atoms. The highest BCUT2D eigenvalue weighted by Gasteiger charge is 2.10. The Labute approximate surface area is 172 Å². The quantitative estimate of drug-likeness (QED) is 0.191. The van der Waals surface area contributed by atoms with Crippen molar-refractivity contribution in [3.8, 4) is 0 Å². The van der Waals surface area contributed by atoms with Gasteiger partial charge in [0.2, 0.25) is 5.91 Å². The highest BCUT2D eigenvalue weighted by atomic mass is 16.4. The van der Waals surface area contributed by atoms with Crippen LogP contribution in [-0.2, 0) is 9.59 Å². The Morgan fingerprint density at radius 1 is 0.857 bits per heavy atom. The van der Waals surface area contributed by atoms with Crippen LogP contribution in [0.15, 0.2) is 12.2 Å². The third-order valence-electron chi connectivity index (χ3n) is 5.00. The number of nitrogens with one attached hydrogen (secondary N) is 1. The fourth-order valence-electron chi connectivity index (χ4n) is 3.11. The first kappa shape index (κ1) is 26.6. The molecule has 0 radical (unpaired) electrons. The van der Waals surface area contributed by atoms with E-state index in [0.29, 0.717) is 19.4 Å². The Kier molecular flexibility index (Phi) is 19.4. The monoisotopic (exact) mass is 396 g/mol. The van der Waals surface area contributed by atoms with Gasteiger partial charge in [-0.15, -0.1) is 0 Å². The molecule has 0 heterocycles. The van der Waals surface area contributed by atoms with E-state index in [1.54, 1.807) is 0 Å². The fraction of sp³-hybridized carbons (Fsp3) is 0.826. The lowest BCUT2D eigenvalue weighted by molar-refractivity contribution is -0.138. The number of aliphatic carboxylic acids is 1. The van der Waals surface area contributed by atoms with Gasteiger partial charge in [-0.3, -0.25) is 9.59 Å². The molecule has 0 fully saturated rings. The number of carboxylic acids is 1. The Hall–Kier alpha value is -1.36. The van der Waals surface area contributed by atoms with E-state index in [9.17, 15) is 9.59 Å². The van der Waals surface area contributed by atoms with Crippen molar-refractivity contribution in [1.82, 2.24) is 5.32 Å². The zero-order chi connectivity index (χ0) is 20.9. The van der Waals surface area contributed by atoms with Crippen molar-refractivity contribution in [3.63, 3.8) is 0 Å². The maximum Gasteiger partial charge on any atom is 0.320 e. The van der Waals surface area contributed by atoms with Crippen molar-refractivity contribution >= 4 is 11.9 Å². The van der Waals surface area contributed by atoms with Crippen LogP contribution in [0.5, 0.6) is 0 Å². The largest absolute Gasteiger partial charge is 0.480 e. The molecule has 0 aromatic heterocycles. The van der Waals surface area contributed by atoms with Crippen molar-refractivity contribution < 1.29 is 14.7 Å². The summed E-state index contributed by atoms with van der Waals surface area (Å²) in [5.41, 5.74) is 5.43. The van der Waals surface area contributed by atoms with E-state index < -0.39 is 12.0 Å². The smallest absolute Gasteiger partial charge is 0.320 e. The van der Waals surface area contributed by atoms with E-state index in [0.717, 1.165) is 32.1 Å². The second-order valence-electron chi connectivity index (χ2n) is 7.77. The first-order valence-corrected chi connectivity index (χ1v) is 11.5. The molecule has 0 aliphatic carbocycles. The van der Waals surface area contributed by atoms with Crippen LogP contribution in [-0.4, -0.2) is 29.6 Å².